The van der Waals surface area contributed by atoms with Gasteiger partial charge in [0.1, 0.15) is 0 Å². The van der Waals surface area contributed by atoms with Crippen LogP contribution in [0.1, 0.15) is 78.9 Å². The summed E-state index contributed by atoms with van der Waals surface area (Å²) < 4.78 is 125. The second-order valence-corrected chi connectivity index (χ2v) is 24.4. The van der Waals surface area contributed by atoms with Gasteiger partial charge in [-0.25, -0.2) is 0 Å². The Kier molecular flexibility index (Phi) is 9.83. The molecule has 12 aromatic rings. The Morgan fingerprint density at radius 2 is 1.21 bits per heavy atom. The Balaban J connectivity index is 0.988. The van der Waals surface area contributed by atoms with Crippen LogP contribution in [0, 0.1) is 30.3 Å². The Morgan fingerprint density at radius 1 is 0.576 bits per heavy atom. The fourth-order valence-electron chi connectivity index (χ4n) is 12.8. The number of fused-ring (bicyclic) bond motifs is 10. The standard InChI is InChI=1S/C77H64BN5O.Pt/c1-48(2)39-52-41-63(55-29-19-23-49(3)40-55)74(64(42-52)57-43-56(53-25-11-9-12-26-53)44-58(45-57)77(6,7)8)81-47-80(65-34-15-16-35-66(65)81)59-30-21-31-60(46-59)84-76-71(54-27-13-10-14-28-54)51(5)72-62-33-22-32-61-70-50(4)24-20-38-69(70)82-67-36-17-18-37-68(67)83(75(72)79-76)78(82)73(61)62;/h9-38,40-46,48H,39H2,1-8H3;/i3D3,4D2,5D3,39D2,41D,42D;. The summed E-state index contributed by atoms with van der Waals surface area (Å²) in [7, 11) is 0. The van der Waals surface area contributed by atoms with Crippen LogP contribution in [0.2, 0.25) is 0 Å². The first-order valence-electron chi connectivity index (χ1n) is 34.8. The number of benzene rings is 10. The monoisotopic (exact) mass is 1290 g/mol. The van der Waals surface area contributed by atoms with Crippen molar-refractivity contribution in [3.8, 4) is 89.8 Å². The first-order chi connectivity index (χ1) is 46.2. The van der Waals surface area contributed by atoms with E-state index in [9.17, 15) is 9.60 Å². The Hall–Kier alpha value is -9.03. The van der Waals surface area contributed by atoms with Gasteiger partial charge in [-0.3, -0.25) is 0 Å². The van der Waals surface area contributed by atoms with Crippen molar-refractivity contribution in [1.29, 1.82) is 0 Å². The van der Waals surface area contributed by atoms with Gasteiger partial charge in [-0.05, 0) is 30.1 Å². The molecule has 0 radical (unpaired) electrons. The molecule has 0 fully saturated rings. The summed E-state index contributed by atoms with van der Waals surface area (Å²) >= 11 is 2.27. The van der Waals surface area contributed by atoms with Crippen LogP contribution in [0.15, 0.2) is 224 Å². The van der Waals surface area contributed by atoms with Crippen LogP contribution in [-0.4, -0.2) is 21.1 Å². The van der Waals surface area contributed by atoms with Crippen molar-refractivity contribution in [3.05, 3.63) is 256 Å². The molecule has 0 saturated heterocycles. The van der Waals surface area contributed by atoms with E-state index in [1.807, 2.05) is 179 Å². The van der Waals surface area contributed by atoms with Crippen molar-refractivity contribution in [3.63, 3.8) is 0 Å². The van der Waals surface area contributed by atoms with Gasteiger partial charge >= 0.3 is 449 Å². The third-order valence-corrected chi connectivity index (χ3v) is 17.6. The number of pyridine rings is 1. The van der Waals surface area contributed by atoms with Gasteiger partial charge in [-0.1, -0.05) is 36.4 Å². The van der Waals surface area contributed by atoms with Gasteiger partial charge in [0.25, 0.3) is 0 Å². The SMILES string of the molecule is [2H]c1c(-c2cccc(C([2H])([2H])[2H])c2)c(-n2[c](=[Pt])n(-c3cccc(Oc4nc5c(c(C([2H])([2H])[2H])c4-c4ccccc4)-c4cccc6c4B4N(c7ccccc7N45)c4cccc(C([2H])[2H])c4-6)c3)c3ccccc32)c(-c2cc(-c3ccccc3)cc(C(C)(C)C)c2)c([2H])c1C([2H])([2H])C(C)C. The molecule has 0 atom stereocenters. The number of para-hydroxylation sites is 4. The molecular weight excluding hydrogens is 1220 g/mol. The second-order valence-electron chi connectivity index (χ2n) is 23.4. The summed E-state index contributed by atoms with van der Waals surface area (Å²) in [6.07, 6.45) is -2.22. The van der Waals surface area contributed by atoms with E-state index in [-0.39, 0.29) is 45.8 Å². The van der Waals surface area contributed by atoms with Crippen LogP contribution in [-0.2, 0) is 31.1 Å². The van der Waals surface area contributed by atoms with Crippen LogP contribution in [0.5, 0.6) is 11.6 Å². The summed E-state index contributed by atoms with van der Waals surface area (Å²) in [5.74, 6) is 0.0506. The minimum absolute atomic E-state index is 0.0316. The molecule has 0 aliphatic carbocycles. The van der Waals surface area contributed by atoms with Crippen molar-refractivity contribution in [2.24, 2.45) is 5.92 Å². The van der Waals surface area contributed by atoms with Crippen LogP contribution in [0.4, 0.5) is 22.9 Å². The minimum atomic E-state index is -2.76. The van der Waals surface area contributed by atoms with E-state index in [1.54, 1.807) is 38.1 Å². The molecule has 0 N–H and O–H groups in total. The van der Waals surface area contributed by atoms with E-state index < -0.39 is 45.3 Å². The number of rotatable bonds is 10. The first-order valence-corrected chi connectivity index (χ1v) is 29.8. The number of aromatic nitrogens is 3. The van der Waals surface area contributed by atoms with E-state index in [1.165, 1.54) is 6.07 Å². The van der Waals surface area contributed by atoms with Crippen molar-refractivity contribution < 1.29 is 40.5 Å². The molecule has 6 nitrogen and oxygen atoms in total. The molecule has 15 rings (SSSR count). The van der Waals surface area contributed by atoms with Crippen molar-refractivity contribution in [2.45, 2.75) is 67.0 Å². The van der Waals surface area contributed by atoms with Gasteiger partial charge < -0.3 is 0 Å². The van der Waals surface area contributed by atoms with Gasteiger partial charge in [0, 0.05) is 14.0 Å². The van der Waals surface area contributed by atoms with Gasteiger partial charge in [-0.2, -0.15) is 0 Å². The quantitative estimate of drug-likeness (QED) is 0.128. The third-order valence-electron chi connectivity index (χ3n) is 16.5. The van der Waals surface area contributed by atoms with Gasteiger partial charge in [0.05, 0.1) is 0 Å². The van der Waals surface area contributed by atoms with E-state index in [0.717, 1.165) is 50.3 Å². The molecule has 0 saturated carbocycles. The van der Waals surface area contributed by atoms with Crippen LogP contribution in [0.3, 0.4) is 0 Å². The molecule has 85 heavy (non-hydrogen) atoms. The molecule has 416 valence electrons. The average Bonchev–Trinajstić information content (AvgIpc) is 0.819. The second kappa shape index (κ2) is 20.4. The fourth-order valence-corrected chi connectivity index (χ4v) is 13.9. The topological polar surface area (TPSA) is 38.5 Å². The van der Waals surface area contributed by atoms with E-state index in [0.29, 0.717) is 76.7 Å². The molecule has 0 spiro atoms. The zero-order valence-electron chi connectivity index (χ0n) is 59.4. The van der Waals surface area contributed by atoms with Crippen LogP contribution < -0.4 is 19.8 Å². The number of hydrogen-bond acceptors (Lipinski definition) is 4. The summed E-state index contributed by atoms with van der Waals surface area (Å²) in [5.41, 5.74) is 13.5. The summed E-state index contributed by atoms with van der Waals surface area (Å²) in [6, 6.07) is 66.4. The van der Waals surface area contributed by atoms with Crippen molar-refractivity contribution >= 4 is 46.4 Å². The van der Waals surface area contributed by atoms with Crippen LogP contribution in [0.25, 0.3) is 89.2 Å². The fraction of sp³-hybridized carbons (Fsp3) is 0.143. The molecule has 8 heteroatoms. The van der Waals surface area contributed by atoms with E-state index in [4.69, 9.17) is 16.6 Å². The molecule has 0 bridgehead atoms. The first kappa shape index (κ1) is 41.1. The predicted molar refractivity (Wildman–Crippen MR) is 350 cm³/mol. The van der Waals surface area contributed by atoms with Gasteiger partial charge in [-0.15, -0.1) is 0 Å². The predicted octanol–water partition coefficient (Wildman–Crippen LogP) is 19.4. The van der Waals surface area contributed by atoms with Crippen molar-refractivity contribution in [1.82, 2.24) is 14.1 Å². The zero-order chi connectivity index (χ0) is 68.1. The molecule has 3 aliphatic heterocycles. The molecule has 5 heterocycles. The number of nitrogens with zero attached hydrogens (tertiary/aromatic N) is 5. The molecular formula is C77H64BN5OPt. The molecule has 10 aromatic carbocycles. The van der Waals surface area contributed by atoms with Gasteiger partial charge in [0.2, 0.25) is 0 Å². The normalized spacial score (nSPS) is 15.4. The van der Waals surface area contributed by atoms with Crippen LogP contribution >= 0.6 is 0 Å². The average molecular weight is 1290 g/mol. The number of ether oxygens (including phenoxy) is 1. The maximum absolute atomic E-state index is 10.6. The maximum atomic E-state index is 10.6. The van der Waals surface area contributed by atoms with E-state index in [2.05, 4.69) is 61.9 Å². The molecule has 0 unspecified atom stereocenters. The Labute approximate surface area is 526 Å². The number of hydrogen-bond donors (Lipinski definition) is 0. The summed E-state index contributed by atoms with van der Waals surface area (Å²) in [6.45, 7) is 2.70. The number of anilines is 4. The van der Waals surface area contributed by atoms with Gasteiger partial charge in [0.15, 0.2) is 0 Å². The molecule has 3 aliphatic rings. The molecule has 2 aromatic heterocycles. The summed E-state index contributed by atoms with van der Waals surface area (Å²) in [4.78, 5) is 9.87. The van der Waals surface area contributed by atoms with E-state index >= 15 is 0 Å². The third kappa shape index (κ3) is 8.64. The Morgan fingerprint density at radius 3 is 1.94 bits per heavy atom. The molecule has 0 amide bonds. The summed E-state index contributed by atoms with van der Waals surface area (Å²) in [5, 5.41) is 0. The zero-order valence-corrected chi connectivity index (χ0v) is 49.7. The Bertz CT molecular complexity index is 5290. The van der Waals surface area contributed by atoms with Crippen molar-refractivity contribution in [2.75, 3.05) is 9.62 Å². The number of imidazole rings is 1. The number of aryl methyl sites for hydroxylation is 2.